The largest absolute Gasteiger partial charge is 0.492 e. The number of halogens is 2. The van der Waals surface area contributed by atoms with Crippen molar-refractivity contribution in [2.24, 2.45) is 5.92 Å². The van der Waals surface area contributed by atoms with Gasteiger partial charge in [0.25, 0.3) is 0 Å². The van der Waals surface area contributed by atoms with E-state index >= 15 is 0 Å². The highest BCUT2D eigenvalue weighted by molar-refractivity contribution is 6.36. The molecule has 1 aliphatic heterocycles. The van der Waals surface area contributed by atoms with Crippen LogP contribution in [0.1, 0.15) is 23.7 Å². The quantitative estimate of drug-likeness (QED) is 0.794. The number of hydrogen-bond donors (Lipinski definition) is 0. The van der Waals surface area contributed by atoms with Gasteiger partial charge < -0.3 is 9.47 Å². The molecule has 3 nitrogen and oxygen atoms in total. The third kappa shape index (κ3) is 2.79. The normalized spacial score (nSPS) is 18.9. The average molecular weight is 289 g/mol. The van der Waals surface area contributed by atoms with Gasteiger partial charge in [-0.1, -0.05) is 23.2 Å². The molecule has 1 heterocycles. The highest BCUT2D eigenvalue weighted by Crippen LogP contribution is 2.33. The Hall–Kier alpha value is -0.770. The van der Waals surface area contributed by atoms with E-state index in [2.05, 4.69) is 0 Å². The molecule has 98 valence electrons. The number of Topliss-reactive ketones (excluding diaryl/α,β-unsaturated/α-hetero) is 1. The van der Waals surface area contributed by atoms with Crippen LogP contribution in [0.3, 0.4) is 0 Å². The number of hydrogen-bond acceptors (Lipinski definition) is 3. The van der Waals surface area contributed by atoms with Crippen LogP contribution in [0.5, 0.6) is 5.75 Å². The molecule has 0 saturated carbocycles. The van der Waals surface area contributed by atoms with Crippen molar-refractivity contribution >= 4 is 29.0 Å². The Labute approximate surface area is 116 Å². The molecule has 0 aliphatic carbocycles. The van der Waals surface area contributed by atoms with Crippen molar-refractivity contribution < 1.29 is 14.3 Å². The lowest BCUT2D eigenvalue weighted by atomic mass is 9.97. The Bertz CT molecular complexity index is 454. The summed E-state index contributed by atoms with van der Waals surface area (Å²) in [6, 6.07) is 3.17. The molecule has 0 bridgehead atoms. The van der Waals surface area contributed by atoms with E-state index < -0.39 is 0 Å². The minimum absolute atomic E-state index is 0.0116. The van der Waals surface area contributed by atoms with Gasteiger partial charge in [-0.2, -0.15) is 0 Å². The zero-order chi connectivity index (χ0) is 13.1. The van der Waals surface area contributed by atoms with Crippen molar-refractivity contribution in [3.05, 3.63) is 27.7 Å². The molecule has 0 N–H and O–H groups in total. The second kappa shape index (κ2) is 5.91. The van der Waals surface area contributed by atoms with Gasteiger partial charge in [-0.15, -0.1) is 0 Å². The summed E-state index contributed by atoms with van der Waals surface area (Å²) in [5, 5.41) is 0.781. The van der Waals surface area contributed by atoms with E-state index in [1.54, 1.807) is 12.1 Å². The average Bonchev–Trinajstić information content (AvgIpc) is 2.86. The highest BCUT2D eigenvalue weighted by atomic mass is 35.5. The van der Waals surface area contributed by atoms with Gasteiger partial charge in [-0.3, -0.25) is 4.79 Å². The van der Waals surface area contributed by atoms with Gasteiger partial charge in [-0.05, 0) is 19.4 Å². The lowest BCUT2D eigenvalue weighted by Crippen LogP contribution is -2.15. The number of ketones is 1. The van der Waals surface area contributed by atoms with Gasteiger partial charge in [0.1, 0.15) is 5.75 Å². The van der Waals surface area contributed by atoms with Crippen LogP contribution in [-0.2, 0) is 4.74 Å². The number of carbonyl (C=O) groups excluding carboxylic acids is 1. The number of rotatable bonds is 4. The highest BCUT2D eigenvalue weighted by Gasteiger charge is 2.26. The van der Waals surface area contributed by atoms with E-state index in [0.717, 1.165) is 6.42 Å². The van der Waals surface area contributed by atoms with E-state index in [-0.39, 0.29) is 11.7 Å². The molecule has 0 radical (unpaired) electrons. The first-order chi connectivity index (χ1) is 8.63. The first-order valence-corrected chi connectivity index (χ1v) is 6.63. The summed E-state index contributed by atoms with van der Waals surface area (Å²) in [6.45, 7) is 3.44. The Balaban J connectivity index is 2.27. The minimum Gasteiger partial charge on any atom is -0.492 e. The maximum atomic E-state index is 12.2. The second-order valence-electron chi connectivity index (χ2n) is 4.12. The molecule has 1 saturated heterocycles. The summed E-state index contributed by atoms with van der Waals surface area (Å²) in [6.07, 6.45) is 0.736. The van der Waals surface area contributed by atoms with Crippen molar-refractivity contribution in [1.82, 2.24) is 0 Å². The number of carbonyl (C=O) groups is 1. The van der Waals surface area contributed by atoms with Crippen LogP contribution in [0.25, 0.3) is 0 Å². The standard InChI is InChI=1S/C13H14Cl2O3/c1-2-18-12-6-10(14)9(5-11(12)15)13(16)8-3-4-17-7-8/h5-6,8H,2-4,7H2,1H3. The van der Waals surface area contributed by atoms with Crippen LogP contribution < -0.4 is 4.74 Å². The molecule has 5 heteroatoms. The van der Waals surface area contributed by atoms with Crippen molar-refractivity contribution in [3.8, 4) is 5.75 Å². The fraction of sp³-hybridized carbons (Fsp3) is 0.462. The minimum atomic E-state index is -0.114. The summed E-state index contributed by atoms with van der Waals surface area (Å²) < 4.78 is 10.5. The van der Waals surface area contributed by atoms with E-state index in [4.69, 9.17) is 32.7 Å². The molecule has 1 aliphatic rings. The molecule has 18 heavy (non-hydrogen) atoms. The van der Waals surface area contributed by atoms with Gasteiger partial charge in [0.15, 0.2) is 5.78 Å². The molecule has 1 fully saturated rings. The maximum Gasteiger partial charge on any atom is 0.169 e. The molecule has 0 amide bonds. The van der Waals surface area contributed by atoms with Crippen molar-refractivity contribution in [2.75, 3.05) is 19.8 Å². The SMILES string of the molecule is CCOc1cc(Cl)c(C(=O)C2CCOC2)cc1Cl. The fourth-order valence-corrected chi connectivity index (χ4v) is 2.41. The topological polar surface area (TPSA) is 35.5 Å². The smallest absolute Gasteiger partial charge is 0.169 e. The summed E-state index contributed by atoms with van der Waals surface area (Å²) >= 11 is 12.2. The van der Waals surface area contributed by atoms with Crippen LogP contribution in [0.15, 0.2) is 12.1 Å². The molecule has 1 unspecified atom stereocenters. The van der Waals surface area contributed by atoms with Crippen LogP contribution >= 0.6 is 23.2 Å². The summed E-state index contributed by atoms with van der Waals surface area (Å²) in [7, 11) is 0. The summed E-state index contributed by atoms with van der Waals surface area (Å²) in [5.41, 5.74) is 0.445. The zero-order valence-electron chi connectivity index (χ0n) is 10.0. The van der Waals surface area contributed by atoms with Gasteiger partial charge in [0.05, 0.1) is 23.3 Å². The summed E-state index contributed by atoms with van der Waals surface area (Å²) in [4.78, 5) is 12.2. The molecular weight excluding hydrogens is 275 g/mol. The Kier molecular flexibility index (Phi) is 4.49. The predicted octanol–water partition coefficient (Wildman–Crippen LogP) is 3.61. The van der Waals surface area contributed by atoms with Crippen molar-refractivity contribution in [2.45, 2.75) is 13.3 Å². The first-order valence-electron chi connectivity index (χ1n) is 5.87. The van der Waals surface area contributed by atoms with Crippen molar-refractivity contribution in [1.29, 1.82) is 0 Å². The number of benzene rings is 1. The third-order valence-corrected chi connectivity index (χ3v) is 3.50. The molecular formula is C13H14Cl2O3. The Morgan fingerprint density at radius 1 is 1.44 bits per heavy atom. The van der Waals surface area contributed by atoms with Gasteiger partial charge in [-0.25, -0.2) is 0 Å². The molecule has 0 spiro atoms. The first kappa shape index (κ1) is 13.7. The predicted molar refractivity (Wildman–Crippen MR) is 70.9 cm³/mol. The lowest BCUT2D eigenvalue weighted by Gasteiger charge is -2.12. The van der Waals surface area contributed by atoms with Crippen LogP contribution in [0.2, 0.25) is 10.0 Å². The molecule has 1 aromatic carbocycles. The van der Waals surface area contributed by atoms with E-state index in [1.807, 2.05) is 6.92 Å². The monoisotopic (exact) mass is 288 g/mol. The van der Waals surface area contributed by atoms with E-state index in [1.165, 1.54) is 0 Å². The molecule has 2 rings (SSSR count). The van der Waals surface area contributed by atoms with Crippen LogP contribution in [-0.4, -0.2) is 25.6 Å². The number of ether oxygens (including phenoxy) is 2. The fourth-order valence-electron chi connectivity index (χ4n) is 1.94. The second-order valence-corrected chi connectivity index (χ2v) is 4.93. The van der Waals surface area contributed by atoms with Crippen LogP contribution in [0.4, 0.5) is 0 Å². The van der Waals surface area contributed by atoms with Crippen LogP contribution in [0, 0.1) is 5.92 Å². The van der Waals surface area contributed by atoms with Crippen molar-refractivity contribution in [3.63, 3.8) is 0 Å². The Morgan fingerprint density at radius 2 is 2.22 bits per heavy atom. The van der Waals surface area contributed by atoms with Gasteiger partial charge in [0.2, 0.25) is 0 Å². The van der Waals surface area contributed by atoms with E-state index in [9.17, 15) is 4.79 Å². The van der Waals surface area contributed by atoms with E-state index in [0.29, 0.717) is 41.2 Å². The van der Waals surface area contributed by atoms with Gasteiger partial charge in [0, 0.05) is 24.2 Å². The lowest BCUT2D eigenvalue weighted by molar-refractivity contribution is 0.0900. The zero-order valence-corrected chi connectivity index (χ0v) is 11.6. The molecule has 0 aromatic heterocycles. The molecule has 1 aromatic rings. The maximum absolute atomic E-state index is 12.2. The summed E-state index contributed by atoms with van der Waals surface area (Å²) in [5.74, 6) is 0.377. The third-order valence-electron chi connectivity index (χ3n) is 2.89. The molecule has 1 atom stereocenters. The van der Waals surface area contributed by atoms with Gasteiger partial charge >= 0.3 is 0 Å². The Morgan fingerprint density at radius 3 is 2.83 bits per heavy atom.